The zero-order valence-corrected chi connectivity index (χ0v) is 14.9. The number of hydrogen-bond donors (Lipinski definition) is 2. The van der Waals surface area contributed by atoms with E-state index in [2.05, 4.69) is 10.1 Å². The van der Waals surface area contributed by atoms with Crippen LogP contribution in [0.2, 0.25) is 0 Å². The van der Waals surface area contributed by atoms with Crippen molar-refractivity contribution >= 4 is 11.0 Å². The lowest BCUT2D eigenvalue weighted by Gasteiger charge is -2.27. The van der Waals surface area contributed by atoms with Crippen molar-refractivity contribution in [3.63, 3.8) is 0 Å². The molecular formula is C19H18F3N3O3. The predicted molar refractivity (Wildman–Crippen MR) is 94.8 cm³/mol. The van der Waals surface area contributed by atoms with Gasteiger partial charge in [0.05, 0.1) is 30.0 Å². The highest BCUT2D eigenvalue weighted by Gasteiger charge is 2.32. The SMILES string of the molecule is Cc1cc(C(F)(F)F)cc(O)c1-c1ccc2cn(C3CCOC[C@H]3O)nc2n1. The highest BCUT2D eigenvalue weighted by atomic mass is 19.4. The standard InChI is InChI=1S/C19H18F3N3O3/c1-10-6-12(19(20,21)22)7-15(26)17(10)13-3-2-11-8-25(24-18(11)23-13)14-4-5-28-9-16(14)27/h2-3,6-8,14,16,26-27H,4-5,9H2,1H3/t14?,16-/m1/s1. The second-order valence-electron chi connectivity index (χ2n) is 6.90. The van der Waals surface area contributed by atoms with Crippen molar-refractivity contribution in [2.75, 3.05) is 13.2 Å². The van der Waals surface area contributed by atoms with Crippen LogP contribution in [-0.2, 0) is 10.9 Å². The van der Waals surface area contributed by atoms with E-state index in [0.29, 0.717) is 30.4 Å². The minimum atomic E-state index is -4.54. The van der Waals surface area contributed by atoms with Crippen molar-refractivity contribution in [3.8, 4) is 17.0 Å². The fourth-order valence-electron chi connectivity index (χ4n) is 3.52. The van der Waals surface area contributed by atoms with Crippen LogP contribution in [0.15, 0.2) is 30.5 Å². The van der Waals surface area contributed by atoms with Gasteiger partial charge in [-0.25, -0.2) is 4.98 Å². The molecule has 0 spiro atoms. The minimum Gasteiger partial charge on any atom is -0.507 e. The van der Waals surface area contributed by atoms with Gasteiger partial charge in [0.25, 0.3) is 0 Å². The number of benzene rings is 1. The van der Waals surface area contributed by atoms with Gasteiger partial charge in [0, 0.05) is 23.8 Å². The molecule has 0 saturated carbocycles. The first-order valence-electron chi connectivity index (χ1n) is 8.77. The molecule has 2 aromatic heterocycles. The van der Waals surface area contributed by atoms with E-state index in [-0.39, 0.29) is 23.8 Å². The van der Waals surface area contributed by atoms with Gasteiger partial charge in [-0.2, -0.15) is 18.3 Å². The van der Waals surface area contributed by atoms with Crippen LogP contribution in [-0.4, -0.2) is 44.3 Å². The molecule has 148 valence electrons. The van der Waals surface area contributed by atoms with Gasteiger partial charge < -0.3 is 14.9 Å². The molecule has 9 heteroatoms. The van der Waals surface area contributed by atoms with E-state index in [1.165, 1.54) is 6.92 Å². The fraction of sp³-hybridized carbons (Fsp3) is 0.368. The molecule has 0 bridgehead atoms. The van der Waals surface area contributed by atoms with Crippen molar-refractivity contribution in [1.82, 2.24) is 14.8 Å². The Hall–Kier alpha value is -2.65. The van der Waals surface area contributed by atoms with Gasteiger partial charge in [0.15, 0.2) is 5.65 Å². The van der Waals surface area contributed by atoms with Gasteiger partial charge >= 0.3 is 6.18 Å². The number of halogens is 3. The maximum Gasteiger partial charge on any atom is 0.416 e. The molecule has 3 aromatic rings. The summed E-state index contributed by atoms with van der Waals surface area (Å²) in [6.07, 6.45) is -2.84. The van der Waals surface area contributed by atoms with Gasteiger partial charge in [-0.05, 0) is 43.2 Å². The molecule has 0 amide bonds. The average molecular weight is 393 g/mol. The van der Waals surface area contributed by atoms with E-state index in [9.17, 15) is 23.4 Å². The molecule has 2 N–H and O–H groups in total. The van der Waals surface area contributed by atoms with Crippen LogP contribution in [0.3, 0.4) is 0 Å². The molecule has 2 atom stereocenters. The van der Waals surface area contributed by atoms with Crippen molar-refractivity contribution in [2.24, 2.45) is 0 Å². The summed E-state index contributed by atoms with van der Waals surface area (Å²) in [6, 6.07) is 4.82. The van der Waals surface area contributed by atoms with Crippen molar-refractivity contribution < 1.29 is 28.1 Å². The van der Waals surface area contributed by atoms with Crippen LogP contribution >= 0.6 is 0 Å². The summed E-state index contributed by atoms with van der Waals surface area (Å²) in [7, 11) is 0. The quantitative estimate of drug-likeness (QED) is 0.697. The summed E-state index contributed by atoms with van der Waals surface area (Å²) in [5.41, 5.74) is 0.294. The van der Waals surface area contributed by atoms with Gasteiger partial charge in [0.1, 0.15) is 5.75 Å². The van der Waals surface area contributed by atoms with Crippen LogP contribution in [0.5, 0.6) is 5.75 Å². The van der Waals surface area contributed by atoms with E-state index in [1.807, 2.05) is 0 Å². The zero-order valence-electron chi connectivity index (χ0n) is 14.9. The van der Waals surface area contributed by atoms with E-state index in [4.69, 9.17) is 4.74 Å². The first kappa shape index (κ1) is 18.7. The van der Waals surface area contributed by atoms with Gasteiger partial charge in [0.2, 0.25) is 0 Å². The number of fused-ring (bicyclic) bond motifs is 1. The number of phenolic OH excluding ortho intramolecular Hbond substituents is 1. The van der Waals surface area contributed by atoms with E-state index < -0.39 is 23.6 Å². The first-order chi connectivity index (χ1) is 13.2. The number of nitrogens with zero attached hydrogens (tertiary/aromatic N) is 3. The zero-order chi connectivity index (χ0) is 20.1. The van der Waals surface area contributed by atoms with Crippen molar-refractivity contribution in [3.05, 3.63) is 41.6 Å². The maximum atomic E-state index is 12.9. The number of aromatic nitrogens is 3. The normalized spacial score (nSPS) is 20.6. The van der Waals surface area contributed by atoms with Crippen LogP contribution < -0.4 is 0 Å². The number of alkyl halides is 3. The Kier molecular flexibility index (Phi) is 4.51. The van der Waals surface area contributed by atoms with E-state index in [0.717, 1.165) is 11.5 Å². The monoisotopic (exact) mass is 393 g/mol. The van der Waals surface area contributed by atoms with Crippen LogP contribution in [0.1, 0.15) is 23.6 Å². The second kappa shape index (κ2) is 6.75. The molecule has 0 radical (unpaired) electrons. The Labute approximate surface area is 158 Å². The van der Waals surface area contributed by atoms with E-state index in [1.54, 1.807) is 23.0 Å². The Balaban J connectivity index is 1.74. The first-order valence-corrected chi connectivity index (χ1v) is 8.77. The minimum absolute atomic E-state index is 0.229. The number of aliphatic hydroxyl groups excluding tert-OH is 1. The number of pyridine rings is 1. The predicted octanol–water partition coefficient (Wildman–Crippen LogP) is 3.45. The van der Waals surface area contributed by atoms with Gasteiger partial charge in [-0.1, -0.05) is 0 Å². The number of aromatic hydroxyl groups is 1. The third-order valence-corrected chi connectivity index (χ3v) is 4.92. The van der Waals surface area contributed by atoms with Gasteiger partial charge in [-0.3, -0.25) is 4.68 Å². The summed E-state index contributed by atoms with van der Waals surface area (Å²) >= 11 is 0. The molecule has 3 heterocycles. The average Bonchev–Trinajstić information content (AvgIpc) is 3.04. The summed E-state index contributed by atoms with van der Waals surface area (Å²) in [5, 5.41) is 25.5. The number of hydrogen-bond acceptors (Lipinski definition) is 5. The molecule has 1 fully saturated rings. The fourth-order valence-corrected chi connectivity index (χ4v) is 3.52. The lowest BCUT2D eigenvalue weighted by Crippen LogP contribution is -2.34. The smallest absolute Gasteiger partial charge is 0.416 e. The Morgan fingerprint density at radius 1 is 1.25 bits per heavy atom. The second-order valence-corrected chi connectivity index (χ2v) is 6.90. The molecule has 1 aliphatic heterocycles. The Morgan fingerprint density at radius 3 is 2.71 bits per heavy atom. The highest BCUT2D eigenvalue weighted by Crippen LogP contribution is 2.38. The lowest BCUT2D eigenvalue weighted by molar-refractivity contribution is -0.137. The van der Waals surface area contributed by atoms with Crippen molar-refractivity contribution in [2.45, 2.75) is 31.7 Å². The Morgan fingerprint density at radius 2 is 2.04 bits per heavy atom. The molecule has 1 aromatic carbocycles. The number of phenols is 1. The molecule has 28 heavy (non-hydrogen) atoms. The van der Waals surface area contributed by atoms with E-state index >= 15 is 0 Å². The topological polar surface area (TPSA) is 80.4 Å². The maximum absolute atomic E-state index is 12.9. The summed E-state index contributed by atoms with van der Waals surface area (Å²) in [6.45, 7) is 2.25. The van der Waals surface area contributed by atoms with Crippen LogP contribution in [0, 0.1) is 6.92 Å². The Bertz CT molecular complexity index is 1010. The molecular weight excluding hydrogens is 375 g/mol. The number of aliphatic hydroxyl groups is 1. The third kappa shape index (κ3) is 3.31. The van der Waals surface area contributed by atoms with Crippen molar-refractivity contribution in [1.29, 1.82) is 0 Å². The number of aryl methyl sites for hydroxylation is 1. The molecule has 0 aliphatic carbocycles. The van der Waals surface area contributed by atoms with Crippen LogP contribution in [0.25, 0.3) is 22.3 Å². The molecule has 1 aliphatic rings. The van der Waals surface area contributed by atoms with Crippen LogP contribution in [0.4, 0.5) is 13.2 Å². The largest absolute Gasteiger partial charge is 0.507 e. The number of ether oxygens (including phenoxy) is 1. The molecule has 1 saturated heterocycles. The molecule has 1 unspecified atom stereocenters. The number of rotatable bonds is 2. The summed E-state index contributed by atoms with van der Waals surface area (Å²) in [4.78, 5) is 4.41. The summed E-state index contributed by atoms with van der Waals surface area (Å²) < 4.78 is 45.7. The van der Waals surface area contributed by atoms with Gasteiger partial charge in [-0.15, -0.1) is 0 Å². The molecule has 6 nitrogen and oxygen atoms in total. The molecule has 4 rings (SSSR count). The highest BCUT2D eigenvalue weighted by molar-refractivity contribution is 5.80. The third-order valence-electron chi connectivity index (χ3n) is 4.92. The lowest BCUT2D eigenvalue weighted by atomic mass is 10.00. The summed E-state index contributed by atoms with van der Waals surface area (Å²) in [5.74, 6) is -0.488.